The van der Waals surface area contributed by atoms with Gasteiger partial charge in [0.25, 0.3) is 0 Å². The molecule has 1 aromatic rings. The number of nitrogens with zero attached hydrogens (tertiary/aromatic N) is 3. The SMILES string of the molecule is CC(C)(C)C1CN(C(=O)NC2CCn3ccnc32)C1. The highest BCUT2D eigenvalue weighted by Crippen LogP contribution is 2.34. The lowest BCUT2D eigenvalue weighted by atomic mass is 9.76. The number of rotatable bonds is 1. The molecule has 2 amide bonds. The molecule has 2 aliphatic rings. The zero-order chi connectivity index (χ0) is 13.6. The predicted molar refractivity (Wildman–Crippen MR) is 72.6 cm³/mol. The quantitative estimate of drug-likeness (QED) is 0.841. The standard InChI is InChI=1S/C14H22N4O/c1-14(2,3)10-8-18(9-10)13(19)16-11-4-6-17-7-5-15-12(11)17/h5,7,10-11H,4,6,8-9H2,1-3H3,(H,16,19). The van der Waals surface area contributed by atoms with Gasteiger partial charge in [-0.15, -0.1) is 0 Å². The van der Waals surface area contributed by atoms with Crippen LogP contribution < -0.4 is 5.32 Å². The molecular formula is C14H22N4O. The lowest BCUT2D eigenvalue weighted by Crippen LogP contribution is -2.57. The van der Waals surface area contributed by atoms with Crippen molar-refractivity contribution >= 4 is 6.03 Å². The summed E-state index contributed by atoms with van der Waals surface area (Å²) in [6.45, 7) is 9.40. The lowest BCUT2D eigenvalue weighted by Gasteiger charge is -2.46. The molecule has 0 radical (unpaired) electrons. The fourth-order valence-corrected chi connectivity index (χ4v) is 2.79. The first-order valence-electron chi connectivity index (χ1n) is 7.01. The van der Waals surface area contributed by atoms with E-state index in [1.54, 1.807) is 6.20 Å². The largest absolute Gasteiger partial charge is 0.333 e. The van der Waals surface area contributed by atoms with Crippen molar-refractivity contribution in [3.63, 3.8) is 0 Å². The highest BCUT2D eigenvalue weighted by Gasteiger charge is 2.39. The highest BCUT2D eigenvalue weighted by atomic mass is 16.2. The van der Waals surface area contributed by atoms with Crippen LogP contribution in [0.3, 0.4) is 0 Å². The van der Waals surface area contributed by atoms with Gasteiger partial charge < -0.3 is 14.8 Å². The molecule has 0 spiro atoms. The molecule has 104 valence electrons. The molecule has 0 saturated carbocycles. The Hall–Kier alpha value is -1.52. The molecule has 5 heteroatoms. The number of aryl methyl sites for hydroxylation is 1. The molecule has 1 fully saturated rings. The van der Waals surface area contributed by atoms with Gasteiger partial charge in [-0.1, -0.05) is 20.8 Å². The molecule has 3 rings (SSSR count). The molecule has 5 nitrogen and oxygen atoms in total. The van der Waals surface area contributed by atoms with E-state index in [4.69, 9.17) is 0 Å². The topological polar surface area (TPSA) is 50.2 Å². The van der Waals surface area contributed by atoms with Crippen molar-refractivity contribution in [2.75, 3.05) is 13.1 Å². The molecule has 1 saturated heterocycles. The summed E-state index contributed by atoms with van der Waals surface area (Å²) in [6, 6.07) is 0.137. The van der Waals surface area contributed by atoms with Crippen molar-refractivity contribution in [2.45, 2.75) is 39.8 Å². The van der Waals surface area contributed by atoms with E-state index in [0.29, 0.717) is 11.3 Å². The van der Waals surface area contributed by atoms with Crippen molar-refractivity contribution in [3.05, 3.63) is 18.2 Å². The number of hydrogen-bond donors (Lipinski definition) is 1. The Balaban J connectivity index is 1.54. The number of fused-ring (bicyclic) bond motifs is 1. The van der Waals surface area contributed by atoms with Crippen LogP contribution in [0.25, 0.3) is 0 Å². The number of urea groups is 1. The van der Waals surface area contributed by atoms with Gasteiger partial charge >= 0.3 is 6.03 Å². The third kappa shape index (κ3) is 2.22. The summed E-state index contributed by atoms with van der Waals surface area (Å²) < 4.78 is 2.11. The summed E-state index contributed by atoms with van der Waals surface area (Å²) >= 11 is 0. The summed E-state index contributed by atoms with van der Waals surface area (Å²) in [4.78, 5) is 18.4. The van der Waals surface area contributed by atoms with Gasteiger partial charge in [0.05, 0.1) is 6.04 Å². The highest BCUT2D eigenvalue weighted by molar-refractivity contribution is 5.75. The third-order valence-electron chi connectivity index (χ3n) is 4.41. The second-order valence-electron chi connectivity index (χ2n) is 6.74. The maximum absolute atomic E-state index is 12.2. The number of nitrogens with one attached hydrogen (secondary N) is 1. The summed E-state index contributed by atoms with van der Waals surface area (Å²) in [7, 11) is 0. The minimum atomic E-state index is 0.0574. The third-order valence-corrected chi connectivity index (χ3v) is 4.41. The summed E-state index contributed by atoms with van der Waals surface area (Å²) in [5, 5.41) is 3.10. The van der Waals surface area contributed by atoms with E-state index in [9.17, 15) is 4.79 Å². The van der Waals surface area contributed by atoms with Gasteiger partial charge in [0.15, 0.2) is 0 Å². The summed E-state index contributed by atoms with van der Waals surface area (Å²) in [5.74, 6) is 1.60. The number of carbonyl (C=O) groups is 1. The monoisotopic (exact) mass is 262 g/mol. The van der Waals surface area contributed by atoms with Crippen molar-refractivity contribution < 1.29 is 4.79 Å². The van der Waals surface area contributed by atoms with Gasteiger partial charge in [0.2, 0.25) is 0 Å². The normalized spacial score (nSPS) is 23.1. The van der Waals surface area contributed by atoms with Gasteiger partial charge in [-0.25, -0.2) is 9.78 Å². The predicted octanol–water partition coefficient (Wildman–Crippen LogP) is 2.02. The molecule has 0 aromatic carbocycles. The minimum absolute atomic E-state index is 0.0574. The molecule has 1 N–H and O–H groups in total. The second kappa shape index (κ2) is 4.25. The molecule has 19 heavy (non-hydrogen) atoms. The minimum Gasteiger partial charge on any atom is -0.333 e. The van der Waals surface area contributed by atoms with Crippen molar-refractivity contribution in [1.82, 2.24) is 19.8 Å². The summed E-state index contributed by atoms with van der Waals surface area (Å²) in [6.07, 6.45) is 4.72. The fraction of sp³-hybridized carbons (Fsp3) is 0.714. The summed E-state index contributed by atoms with van der Waals surface area (Å²) in [5.41, 5.74) is 0.292. The Morgan fingerprint density at radius 2 is 2.16 bits per heavy atom. The average molecular weight is 262 g/mol. The Morgan fingerprint density at radius 1 is 1.42 bits per heavy atom. The van der Waals surface area contributed by atoms with E-state index < -0.39 is 0 Å². The lowest BCUT2D eigenvalue weighted by molar-refractivity contribution is 0.0505. The van der Waals surface area contributed by atoms with Crippen LogP contribution in [-0.2, 0) is 6.54 Å². The second-order valence-corrected chi connectivity index (χ2v) is 6.74. The first kappa shape index (κ1) is 12.5. The fourth-order valence-electron chi connectivity index (χ4n) is 2.79. The molecule has 1 atom stereocenters. The van der Waals surface area contributed by atoms with Crippen LogP contribution in [0.5, 0.6) is 0 Å². The number of aromatic nitrogens is 2. The van der Waals surface area contributed by atoms with E-state index in [2.05, 4.69) is 35.6 Å². The molecule has 0 aliphatic carbocycles. The Labute approximate surface area is 114 Å². The Morgan fingerprint density at radius 3 is 2.84 bits per heavy atom. The van der Waals surface area contributed by atoms with Gasteiger partial charge in [-0.05, 0) is 17.8 Å². The van der Waals surface area contributed by atoms with E-state index >= 15 is 0 Å². The van der Waals surface area contributed by atoms with E-state index in [1.165, 1.54) is 0 Å². The van der Waals surface area contributed by atoms with Crippen LogP contribution in [0.2, 0.25) is 0 Å². The molecule has 0 bridgehead atoms. The Bertz CT molecular complexity index is 482. The zero-order valence-corrected chi connectivity index (χ0v) is 11.9. The average Bonchev–Trinajstić information content (AvgIpc) is 2.78. The molecule has 1 unspecified atom stereocenters. The maximum atomic E-state index is 12.2. The van der Waals surface area contributed by atoms with Crippen molar-refractivity contribution in [3.8, 4) is 0 Å². The molecular weight excluding hydrogens is 240 g/mol. The van der Waals surface area contributed by atoms with Gasteiger partial charge in [0, 0.05) is 32.0 Å². The van der Waals surface area contributed by atoms with E-state index in [0.717, 1.165) is 31.9 Å². The van der Waals surface area contributed by atoms with E-state index in [1.807, 2.05) is 11.1 Å². The van der Waals surface area contributed by atoms with Crippen LogP contribution in [0, 0.1) is 11.3 Å². The number of likely N-dealkylation sites (tertiary alicyclic amines) is 1. The van der Waals surface area contributed by atoms with Crippen molar-refractivity contribution in [1.29, 1.82) is 0 Å². The van der Waals surface area contributed by atoms with Crippen LogP contribution >= 0.6 is 0 Å². The molecule has 2 aliphatic heterocycles. The van der Waals surface area contributed by atoms with Gasteiger partial charge in [-0.3, -0.25) is 0 Å². The van der Waals surface area contributed by atoms with Crippen LogP contribution in [0.15, 0.2) is 12.4 Å². The number of imidazole rings is 1. The molecule has 3 heterocycles. The molecule has 1 aromatic heterocycles. The van der Waals surface area contributed by atoms with Crippen LogP contribution in [-0.4, -0.2) is 33.6 Å². The Kier molecular flexibility index (Phi) is 2.80. The number of carbonyl (C=O) groups excluding carboxylic acids is 1. The van der Waals surface area contributed by atoms with Gasteiger partial charge in [0.1, 0.15) is 5.82 Å². The smallest absolute Gasteiger partial charge is 0.318 e. The van der Waals surface area contributed by atoms with E-state index in [-0.39, 0.29) is 12.1 Å². The van der Waals surface area contributed by atoms with Crippen LogP contribution in [0.4, 0.5) is 4.79 Å². The maximum Gasteiger partial charge on any atom is 0.318 e. The first-order chi connectivity index (χ1) is 8.95. The number of hydrogen-bond acceptors (Lipinski definition) is 2. The van der Waals surface area contributed by atoms with Crippen molar-refractivity contribution in [2.24, 2.45) is 11.3 Å². The zero-order valence-electron chi connectivity index (χ0n) is 11.9. The first-order valence-corrected chi connectivity index (χ1v) is 7.01. The van der Waals surface area contributed by atoms with Crippen LogP contribution in [0.1, 0.15) is 39.1 Å². The number of amides is 2. The van der Waals surface area contributed by atoms with Gasteiger partial charge in [-0.2, -0.15) is 0 Å².